The zero-order valence-electron chi connectivity index (χ0n) is 7.62. The summed E-state index contributed by atoms with van der Waals surface area (Å²) in [5.74, 6) is 0.155. The Morgan fingerprint density at radius 3 is 3.07 bits per heavy atom. The summed E-state index contributed by atoms with van der Waals surface area (Å²) >= 11 is 0. The van der Waals surface area contributed by atoms with Gasteiger partial charge in [-0.3, -0.25) is 0 Å². The van der Waals surface area contributed by atoms with E-state index in [9.17, 15) is 9.18 Å². The molecular formula is C10H9FO3. The number of rotatable bonds is 1. The number of carbonyl (C=O) groups is 1. The van der Waals surface area contributed by atoms with E-state index in [1.54, 1.807) is 18.2 Å². The molecule has 0 saturated heterocycles. The molecule has 74 valence electrons. The van der Waals surface area contributed by atoms with Gasteiger partial charge in [-0.05, 0) is 11.6 Å². The van der Waals surface area contributed by atoms with Gasteiger partial charge >= 0.3 is 5.97 Å². The second-order valence-corrected chi connectivity index (χ2v) is 3.07. The molecule has 1 unspecified atom stereocenters. The fourth-order valence-corrected chi connectivity index (χ4v) is 1.37. The van der Waals surface area contributed by atoms with Crippen LogP contribution in [0.15, 0.2) is 18.2 Å². The van der Waals surface area contributed by atoms with E-state index in [2.05, 4.69) is 0 Å². The molecule has 1 aromatic rings. The number of hydrogen-bond donors (Lipinski definition) is 0. The van der Waals surface area contributed by atoms with Crippen LogP contribution < -0.4 is 9.47 Å². The Morgan fingerprint density at radius 2 is 2.36 bits per heavy atom. The summed E-state index contributed by atoms with van der Waals surface area (Å²) in [6.45, 7) is 0. The van der Waals surface area contributed by atoms with E-state index < -0.39 is 12.1 Å². The highest BCUT2D eigenvalue weighted by molar-refractivity contribution is 5.80. The molecule has 2 rings (SSSR count). The smallest absolute Gasteiger partial charge is 0.346 e. The molecule has 3 nitrogen and oxygen atoms in total. The Bertz CT molecular complexity index is 376. The summed E-state index contributed by atoms with van der Waals surface area (Å²) in [4.78, 5) is 10.9. The minimum atomic E-state index is -1.55. The maximum Gasteiger partial charge on any atom is 0.346 e. The third-order valence-corrected chi connectivity index (χ3v) is 2.14. The number of benzene rings is 1. The van der Waals surface area contributed by atoms with Gasteiger partial charge in [0.15, 0.2) is 0 Å². The molecule has 0 amide bonds. The number of fused-ring (bicyclic) bond motifs is 1. The van der Waals surface area contributed by atoms with Crippen molar-refractivity contribution in [3.63, 3.8) is 0 Å². The first-order valence-corrected chi connectivity index (χ1v) is 4.23. The molecule has 1 aliphatic heterocycles. The lowest BCUT2D eigenvalue weighted by Gasteiger charge is -2.18. The summed E-state index contributed by atoms with van der Waals surface area (Å²) in [6.07, 6.45) is -1.46. The molecule has 0 fully saturated rings. The van der Waals surface area contributed by atoms with E-state index in [1.807, 2.05) is 0 Å². The number of esters is 1. The van der Waals surface area contributed by atoms with Crippen LogP contribution in [0.5, 0.6) is 11.5 Å². The van der Waals surface area contributed by atoms with Gasteiger partial charge in [0.2, 0.25) is 6.17 Å². The zero-order valence-corrected chi connectivity index (χ0v) is 7.62. The highest BCUT2D eigenvalue weighted by atomic mass is 19.1. The minimum absolute atomic E-state index is 0.0815. The third kappa shape index (κ3) is 1.43. The first-order valence-electron chi connectivity index (χ1n) is 4.23. The van der Waals surface area contributed by atoms with E-state index in [1.165, 1.54) is 7.11 Å². The molecule has 1 atom stereocenters. The lowest BCUT2D eigenvalue weighted by molar-refractivity contribution is -0.141. The third-order valence-electron chi connectivity index (χ3n) is 2.14. The Labute approximate surface area is 80.4 Å². The molecule has 1 heterocycles. The number of alkyl halides is 1. The Hall–Kier alpha value is -1.58. The summed E-state index contributed by atoms with van der Waals surface area (Å²) in [6, 6.07) is 5.00. The molecule has 0 aromatic heterocycles. The van der Waals surface area contributed by atoms with Crippen LogP contribution in [-0.2, 0) is 11.2 Å². The SMILES string of the molecule is COc1ccc2c(c1)OC(=O)C(F)C2. The number of methoxy groups -OCH3 is 1. The van der Waals surface area contributed by atoms with Gasteiger partial charge in [-0.1, -0.05) is 6.07 Å². The van der Waals surface area contributed by atoms with E-state index >= 15 is 0 Å². The number of ether oxygens (including phenoxy) is 2. The molecular weight excluding hydrogens is 187 g/mol. The van der Waals surface area contributed by atoms with Crippen molar-refractivity contribution in [2.45, 2.75) is 12.6 Å². The second-order valence-electron chi connectivity index (χ2n) is 3.07. The highest BCUT2D eigenvalue weighted by Crippen LogP contribution is 2.30. The van der Waals surface area contributed by atoms with Crippen LogP contribution in [0.2, 0.25) is 0 Å². The second kappa shape index (κ2) is 3.29. The van der Waals surface area contributed by atoms with Crippen molar-refractivity contribution in [3.05, 3.63) is 23.8 Å². The summed E-state index contributed by atoms with van der Waals surface area (Å²) in [5.41, 5.74) is 0.693. The van der Waals surface area contributed by atoms with Crippen LogP contribution in [0.25, 0.3) is 0 Å². The normalized spacial score (nSPS) is 19.9. The van der Waals surface area contributed by atoms with Gasteiger partial charge in [0.1, 0.15) is 11.5 Å². The van der Waals surface area contributed by atoms with E-state index in [-0.39, 0.29) is 6.42 Å². The molecule has 4 heteroatoms. The maximum absolute atomic E-state index is 12.9. The summed E-state index contributed by atoms with van der Waals surface area (Å²) < 4.78 is 22.7. The van der Waals surface area contributed by atoms with Gasteiger partial charge in [0.25, 0.3) is 0 Å². The fourth-order valence-electron chi connectivity index (χ4n) is 1.37. The van der Waals surface area contributed by atoms with Crippen LogP contribution in [0, 0.1) is 0 Å². The molecule has 1 aromatic carbocycles. The van der Waals surface area contributed by atoms with Crippen molar-refractivity contribution in [3.8, 4) is 11.5 Å². The van der Waals surface area contributed by atoms with E-state index in [0.717, 1.165) is 0 Å². The van der Waals surface area contributed by atoms with Crippen LogP contribution in [0.1, 0.15) is 5.56 Å². The fraction of sp³-hybridized carbons (Fsp3) is 0.300. The molecule has 0 saturated carbocycles. The highest BCUT2D eigenvalue weighted by Gasteiger charge is 2.28. The average Bonchev–Trinajstić information content (AvgIpc) is 2.19. The Kier molecular flexibility index (Phi) is 2.11. The first kappa shape index (κ1) is 8.99. The zero-order chi connectivity index (χ0) is 10.1. The van der Waals surface area contributed by atoms with Crippen molar-refractivity contribution < 1.29 is 18.7 Å². The first-order chi connectivity index (χ1) is 6.70. The van der Waals surface area contributed by atoms with Crippen molar-refractivity contribution >= 4 is 5.97 Å². The largest absolute Gasteiger partial charge is 0.497 e. The Morgan fingerprint density at radius 1 is 1.57 bits per heavy atom. The molecule has 0 radical (unpaired) electrons. The molecule has 1 aliphatic rings. The maximum atomic E-state index is 12.9. The number of carbonyl (C=O) groups excluding carboxylic acids is 1. The van der Waals surface area contributed by atoms with Crippen molar-refractivity contribution in [1.82, 2.24) is 0 Å². The molecule has 14 heavy (non-hydrogen) atoms. The van der Waals surface area contributed by atoms with Gasteiger partial charge < -0.3 is 9.47 Å². The van der Waals surface area contributed by atoms with Crippen molar-refractivity contribution in [2.24, 2.45) is 0 Å². The standard InChI is InChI=1S/C10H9FO3/c1-13-7-3-2-6-4-8(11)10(12)14-9(6)5-7/h2-3,5,8H,4H2,1H3. The minimum Gasteiger partial charge on any atom is -0.497 e. The van der Waals surface area contributed by atoms with Gasteiger partial charge in [-0.25, -0.2) is 9.18 Å². The lowest BCUT2D eigenvalue weighted by Crippen LogP contribution is -2.28. The van der Waals surface area contributed by atoms with Gasteiger partial charge in [-0.15, -0.1) is 0 Å². The van der Waals surface area contributed by atoms with Crippen LogP contribution >= 0.6 is 0 Å². The molecule has 0 N–H and O–H groups in total. The molecule has 0 bridgehead atoms. The van der Waals surface area contributed by atoms with Gasteiger partial charge in [0, 0.05) is 12.5 Å². The van der Waals surface area contributed by atoms with E-state index in [4.69, 9.17) is 9.47 Å². The number of hydrogen-bond acceptors (Lipinski definition) is 3. The van der Waals surface area contributed by atoms with Gasteiger partial charge in [-0.2, -0.15) is 0 Å². The summed E-state index contributed by atoms with van der Waals surface area (Å²) in [7, 11) is 1.52. The predicted octanol–water partition coefficient (Wildman–Crippen LogP) is 1.49. The average molecular weight is 196 g/mol. The topological polar surface area (TPSA) is 35.5 Å². The van der Waals surface area contributed by atoms with Crippen LogP contribution in [0.4, 0.5) is 4.39 Å². The van der Waals surface area contributed by atoms with E-state index in [0.29, 0.717) is 17.1 Å². The number of halogens is 1. The van der Waals surface area contributed by atoms with Crippen LogP contribution in [0.3, 0.4) is 0 Å². The van der Waals surface area contributed by atoms with Crippen molar-refractivity contribution in [2.75, 3.05) is 7.11 Å². The Balaban J connectivity index is 2.37. The monoisotopic (exact) mass is 196 g/mol. The van der Waals surface area contributed by atoms with Gasteiger partial charge in [0.05, 0.1) is 7.11 Å². The lowest BCUT2D eigenvalue weighted by atomic mass is 10.0. The molecule has 0 aliphatic carbocycles. The van der Waals surface area contributed by atoms with Crippen LogP contribution in [-0.4, -0.2) is 19.3 Å². The summed E-state index contributed by atoms with van der Waals surface area (Å²) in [5, 5.41) is 0. The predicted molar refractivity (Wildman–Crippen MR) is 47.2 cm³/mol. The van der Waals surface area contributed by atoms with Crippen molar-refractivity contribution in [1.29, 1.82) is 0 Å². The molecule has 0 spiro atoms. The quantitative estimate of drug-likeness (QED) is 0.504.